The van der Waals surface area contributed by atoms with E-state index in [2.05, 4.69) is 5.32 Å². The van der Waals surface area contributed by atoms with E-state index >= 15 is 0 Å². The van der Waals surface area contributed by atoms with Crippen LogP contribution in [0.25, 0.3) is 0 Å². The van der Waals surface area contributed by atoms with Crippen molar-refractivity contribution in [2.75, 3.05) is 32.9 Å². The average molecular weight is 280 g/mol. The highest BCUT2D eigenvalue weighted by molar-refractivity contribution is 5.87. The first-order valence-electron chi connectivity index (χ1n) is 5.57. The molecule has 0 unspecified atom stereocenters. The Balaban J connectivity index is 2.18. The van der Waals surface area contributed by atoms with Gasteiger partial charge in [0.2, 0.25) is 5.84 Å². The lowest BCUT2D eigenvalue weighted by molar-refractivity contribution is -0.132. The maximum Gasteiger partial charge on any atom is 0.449 e. The molecule has 0 bridgehead atoms. The van der Waals surface area contributed by atoms with Crippen molar-refractivity contribution in [3.63, 3.8) is 0 Å². The number of amidine groups is 1. The first-order chi connectivity index (χ1) is 8.84. The molecule has 1 amide bonds. The molecule has 9 heteroatoms. The molecule has 2 fully saturated rings. The minimum Gasteiger partial charge on any atom is -0.380 e. The maximum atomic E-state index is 12.6. The third-order valence-electron chi connectivity index (χ3n) is 2.97. The van der Waals surface area contributed by atoms with Gasteiger partial charge in [-0.25, -0.2) is 4.39 Å². The van der Waals surface area contributed by atoms with Gasteiger partial charge in [-0.2, -0.15) is 13.2 Å². The number of rotatable bonds is 1. The summed E-state index contributed by atoms with van der Waals surface area (Å²) < 4.78 is 50.0. The van der Waals surface area contributed by atoms with Gasteiger partial charge in [0, 0.05) is 13.1 Å². The second kappa shape index (κ2) is 4.71. The zero-order valence-corrected chi connectivity index (χ0v) is 9.85. The number of halogens is 4. The standard InChI is InChI=1S/C10H12F4N4O/c11-3-8(19)17-1-2-18(9(15)10(12,13)14)7(5-17)6-4-16-6/h15-16H,1-5H2/b7-6-,15-9?. The molecular formula is C10H12F4N4O. The van der Waals surface area contributed by atoms with Crippen LogP contribution in [0.5, 0.6) is 0 Å². The lowest BCUT2D eigenvalue weighted by atomic mass is 10.2. The molecule has 2 N–H and O–H groups in total. The van der Waals surface area contributed by atoms with E-state index in [0.29, 0.717) is 12.2 Å². The third kappa shape index (κ3) is 2.79. The Bertz CT molecular complexity index is 439. The fourth-order valence-corrected chi connectivity index (χ4v) is 1.90. The molecule has 2 heterocycles. The molecule has 0 aromatic heterocycles. The number of piperazine rings is 1. The van der Waals surface area contributed by atoms with Crippen LogP contribution in [0.3, 0.4) is 0 Å². The summed E-state index contributed by atoms with van der Waals surface area (Å²) in [5.74, 6) is -2.21. The summed E-state index contributed by atoms with van der Waals surface area (Å²) in [6.45, 7) is -1.05. The van der Waals surface area contributed by atoms with Crippen LogP contribution in [0.4, 0.5) is 17.6 Å². The van der Waals surface area contributed by atoms with E-state index in [9.17, 15) is 22.4 Å². The molecule has 0 atom stereocenters. The summed E-state index contributed by atoms with van der Waals surface area (Å²) in [4.78, 5) is 13.2. The van der Waals surface area contributed by atoms with Crippen molar-refractivity contribution in [1.82, 2.24) is 15.1 Å². The van der Waals surface area contributed by atoms with Crippen LogP contribution in [-0.4, -0.2) is 60.6 Å². The molecule has 5 nitrogen and oxygen atoms in total. The summed E-state index contributed by atoms with van der Waals surface area (Å²) in [5, 5.41) is 9.93. The van der Waals surface area contributed by atoms with Crippen molar-refractivity contribution in [3.05, 3.63) is 11.4 Å². The Labute approximate surface area is 106 Å². The van der Waals surface area contributed by atoms with Crippen molar-refractivity contribution in [3.8, 4) is 0 Å². The molecular weight excluding hydrogens is 268 g/mol. The van der Waals surface area contributed by atoms with Crippen LogP contribution >= 0.6 is 0 Å². The molecule has 0 spiro atoms. The van der Waals surface area contributed by atoms with Gasteiger partial charge in [0.05, 0.1) is 24.5 Å². The van der Waals surface area contributed by atoms with Gasteiger partial charge in [0.15, 0.2) is 6.67 Å². The highest BCUT2D eigenvalue weighted by Gasteiger charge is 2.43. The van der Waals surface area contributed by atoms with Crippen molar-refractivity contribution in [1.29, 1.82) is 5.41 Å². The third-order valence-corrected chi connectivity index (χ3v) is 2.97. The molecule has 0 aromatic carbocycles. The first kappa shape index (κ1) is 13.6. The quantitative estimate of drug-likeness (QED) is 0.317. The molecule has 0 radical (unpaired) electrons. The van der Waals surface area contributed by atoms with E-state index in [4.69, 9.17) is 5.41 Å². The maximum absolute atomic E-state index is 12.6. The number of nitrogens with zero attached hydrogens (tertiary/aromatic N) is 2. The molecule has 0 aliphatic carbocycles. The number of carbonyl (C=O) groups excluding carboxylic acids is 1. The first-order valence-corrected chi connectivity index (χ1v) is 5.57. The Hall–Kier alpha value is -1.80. The van der Waals surface area contributed by atoms with Gasteiger partial charge in [-0.15, -0.1) is 0 Å². The van der Waals surface area contributed by atoms with Crippen molar-refractivity contribution >= 4 is 11.7 Å². The smallest absolute Gasteiger partial charge is 0.380 e. The topological polar surface area (TPSA) is 69.3 Å². The van der Waals surface area contributed by atoms with Gasteiger partial charge in [-0.3, -0.25) is 10.2 Å². The van der Waals surface area contributed by atoms with Crippen LogP contribution in [-0.2, 0) is 4.79 Å². The predicted molar refractivity (Wildman–Crippen MR) is 58.1 cm³/mol. The number of hydrogen-bond donors (Lipinski definition) is 2. The van der Waals surface area contributed by atoms with Crippen LogP contribution in [0.15, 0.2) is 11.4 Å². The van der Waals surface area contributed by atoms with Crippen LogP contribution in [0.1, 0.15) is 0 Å². The van der Waals surface area contributed by atoms with Gasteiger partial charge in [0.25, 0.3) is 5.91 Å². The second-order valence-corrected chi connectivity index (χ2v) is 4.23. The van der Waals surface area contributed by atoms with E-state index in [1.165, 1.54) is 0 Å². The van der Waals surface area contributed by atoms with E-state index in [1.807, 2.05) is 0 Å². The predicted octanol–water partition coefficient (Wildman–Crippen LogP) is 0.454. The molecule has 0 saturated carbocycles. The molecule has 2 aliphatic rings. The lowest BCUT2D eigenvalue weighted by Crippen LogP contribution is -2.52. The Morgan fingerprint density at radius 2 is 2.00 bits per heavy atom. The van der Waals surface area contributed by atoms with Crippen LogP contribution in [0, 0.1) is 5.41 Å². The summed E-state index contributed by atoms with van der Waals surface area (Å²) in [6.07, 6.45) is -4.74. The van der Waals surface area contributed by atoms with Gasteiger partial charge < -0.3 is 15.1 Å². The number of alkyl halides is 4. The Morgan fingerprint density at radius 3 is 2.47 bits per heavy atom. The van der Waals surface area contributed by atoms with Crippen molar-refractivity contribution in [2.24, 2.45) is 0 Å². The van der Waals surface area contributed by atoms with Crippen molar-refractivity contribution in [2.45, 2.75) is 6.18 Å². The van der Waals surface area contributed by atoms with E-state index in [-0.39, 0.29) is 25.3 Å². The van der Waals surface area contributed by atoms with Gasteiger partial charge in [0.1, 0.15) is 0 Å². The molecule has 2 saturated heterocycles. The summed E-state index contributed by atoms with van der Waals surface area (Å²) in [6, 6.07) is 0. The van der Waals surface area contributed by atoms with Crippen LogP contribution < -0.4 is 5.32 Å². The lowest BCUT2D eigenvalue weighted by Gasteiger charge is -2.37. The summed E-state index contributed by atoms with van der Waals surface area (Å²) in [7, 11) is 0. The molecule has 19 heavy (non-hydrogen) atoms. The SMILES string of the molecule is N=C(N1CCN(C(=O)CF)C/C1=C1\CN1)C(F)(F)F. The monoisotopic (exact) mass is 280 g/mol. The van der Waals surface area contributed by atoms with Crippen LogP contribution in [0.2, 0.25) is 0 Å². The fourth-order valence-electron chi connectivity index (χ4n) is 1.90. The molecule has 2 rings (SSSR count). The minimum atomic E-state index is -4.74. The molecule has 2 aliphatic heterocycles. The molecule has 106 valence electrons. The molecule has 0 aromatic rings. The zero-order valence-electron chi connectivity index (χ0n) is 9.85. The summed E-state index contributed by atoms with van der Waals surface area (Å²) in [5.41, 5.74) is 0.778. The van der Waals surface area contributed by atoms with Gasteiger partial charge in [-0.05, 0) is 0 Å². The Morgan fingerprint density at radius 1 is 1.37 bits per heavy atom. The Kier molecular flexibility index (Phi) is 3.38. The highest BCUT2D eigenvalue weighted by atomic mass is 19.4. The average Bonchev–Trinajstić information content (AvgIpc) is 3.19. The number of hydrogen-bond acceptors (Lipinski definition) is 3. The zero-order chi connectivity index (χ0) is 14.2. The fraction of sp³-hybridized carbons (Fsp3) is 0.600. The van der Waals surface area contributed by atoms with E-state index < -0.39 is 24.6 Å². The largest absolute Gasteiger partial charge is 0.449 e. The second-order valence-electron chi connectivity index (χ2n) is 4.23. The summed E-state index contributed by atoms with van der Waals surface area (Å²) >= 11 is 0. The van der Waals surface area contributed by atoms with Crippen molar-refractivity contribution < 1.29 is 22.4 Å². The number of carbonyl (C=O) groups is 1. The highest BCUT2D eigenvalue weighted by Crippen LogP contribution is 2.27. The van der Waals surface area contributed by atoms with E-state index in [1.54, 1.807) is 0 Å². The van der Waals surface area contributed by atoms with Gasteiger partial charge in [-0.1, -0.05) is 0 Å². The minimum absolute atomic E-state index is 0.0298. The van der Waals surface area contributed by atoms with Gasteiger partial charge >= 0.3 is 6.18 Å². The number of amides is 1. The normalized spacial score (nSPS) is 23.2. The van der Waals surface area contributed by atoms with E-state index in [0.717, 1.165) is 9.80 Å². The number of nitrogens with one attached hydrogen (secondary N) is 2.